The zero-order valence-corrected chi connectivity index (χ0v) is 15.1. The van der Waals surface area contributed by atoms with Crippen molar-refractivity contribution in [2.24, 2.45) is 0 Å². The molecule has 0 saturated carbocycles. The number of carbonyl (C=O) groups excluding carboxylic acids is 1. The number of rotatable bonds is 4. The van der Waals surface area contributed by atoms with Gasteiger partial charge in [-0.15, -0.1) is 11.3 Å². The van der Waals surface area contributed by atoms with Crippen molar-refractivity contribution < 1.29 is 18.0 Å². The molecule has 0 aliphatic carbocycles. The summed E-state index contributed by atoms with van der Waals surface area (Å²) in [6, 6.07) is 19.6. The first kappa shape index (κ1) is 19.4. The van der Waals surface area contributed by atoms with Crippen molar-refractivity contribution in [1.29, 1.82) is 5.26 Å². The Morgan fingerprint density at radius 3 is 2.36 bits per heavy atom. The molecule has 0 aliphatic heterocycles. The summed E-state index contributed by atoms with van der Waals surface area (Å²) in [5, 5.41) is 11.5. The minimum Gasteiger partial charge on any atom is -0.321 e. The van der Waals surface area contributed by atoms with Gasteiger partial charge < -0.3 is 5.32 Å². The number of amides is 1. The van der Waals surface area contributed by atoms with Crippen LogP contribution in [0, 0.1) is 11.3 Å². The summed E-state index contributed by atoms with van der Waals surface area (Å²) in [7, 11) is 0. The Balaban J connectivity index is 1.84. The first-order valence-corrected chi connectivity index (χ1v) is 8.95. The van der Waals surface area contributed by atoms with E-state index in [1.807, 2.05) is 36.4 Å². The molecule has 1 heterocycles. The quantitative estimate of drug-likeness (QED) is 0.434. The smallest absolute Gasteiger partial charge is 0.321 e. The molecule has 1 amide bonds. The van der Waals surface area contributed by atoms with Crippen molar-refractivity contribution in [1.82, 2.24) is 0 Å². The van der Waals surface area contributed by atoms with Crippen LogP contribution in [-0.2, 0) is 11.0 Å². The number of nitriles is 1. The van der Waals surface area contributed by atoms with E-state index < -0.39 is 23.3 Å². The molecule has 3 nitrogen and oxygen atoms in total. The number of alkyl halides is 3. The maximum absolute atomic E-state index is 13.1. The molecule has 0 unspecified atom stereocenters. The highest BCUT2D eigenvalue weighted by Crippen LogP contribution is 2.35. The van der Waals surface area contributed by atoms with Crippen LogP contribution in [0.2, 0.25) is 0 Å². The molecule has 140 valence electrons. The number of nitrogens with one attached hydrogen (secondary N) is 1. The summed E-state index contributed by atoms with van der Waals surface area (Å²) >= 11 is 1.37. The van der Waals surface area contributed by atoms with Crippen molar-refractivity contribution in [2.75, 3.05) is 5.32 Å². The van der Waals surface area contributed by atoms with E-state index in [9.17, 15) is 23.2 Å². The van der Waals surface area contributed by atoms with Crippen LogP contribution in [0.5, 0.6) is 0 Å². The van der Waals surface area contributed by atoms with Crippen LogP contribution >= 0.6 is 11.3 Å². The maximum atomic E-state index is 13.1. The highest BCUT2D eigenvalue weighted by Gasteiger charge is 2.33. The second-order valence-corrected chi connectivity index (χ2v) is 6.85. The lowest BCUT2D eigenvalue weighted by Gasteiger charge is -2.13. The molecule has 3 rings (SSSR count). The van der Waals surface area contributed by atoms with E-state index in [0.29, 0.717) is 4.88 Å². The predicted octanol–water partition coefficient (Wildman–Crippen LogP) is 5.98. The van der Waals surface area contributed by atoms with Gasteiger partial charge in [0.2, 0.25) is 0 Å². The Bertz CT molecular complexity index is 1060. The lowest BCUT2D eigenvalue weighted by molar-refractivity contribution is -0.137. The number of nitrogens with zero attached hydrogens (tertiary/aromatic N) is 1. The summed E-state index contributed by atoms with van der Waals surface area (Å²) in [5.41, 5.74) is -0.645. The molecule has 1 aromatic heterocycles. The molecular weight excluding hydrogens is 385 g/mol. The number of hydrogen-bond acceptors (Lipinski definition) is 3. The normalized spacial score (nSPS) is 11.7. The second-order valence-electron chi connectivity index (χ2n) is 5.74. The van der Waals surface area contributed by atoms with Crippen LogP contribution in [0.1, 0.15) is 10.4 Å². The average Bonchev–Trinajstić information content (AvgIpc) is 3.15. The van der Waals surface area contributed by atoms with E-state index in [1.165, 1.54) is 29.5 Å². The van der Waals surface area contributed by atoms with Crippen molar-refractivity contribution in [3.63, 3.8) is 0 Å². The van der Waals surface area contributed by atoms with Gasteiger partial charge in [-0.25, -0.2) is 0 Å². The fourth-order valence-electron chi connectivity index (χ4n) is 2.51. The molecule has 7 heteroatoms. The standard InChI is InChI=1S/C21H13F3N2OS/c22-21(23,24)17-8-4-5-9-18(17)26-20(27)15(13-25)12-16-10-11-19(28-16)14-6-2-1-3-7-14/h1-12H,(H,26,27)/b15-12+. The van der Waals surface area contributed by atoms with Gasteiger partial charge in [-0.05, 0) is 35.9 Å². The predicted molar refractivity (Wildman–Crippen MR) is 103 cm³/mol. The maximum Gasteiger partial charge on any atom is 0.418 e. The third-order valence-electron chi connectivity index (χ3n) is 3.82. The van der Waals surface area contributed by atoms with Crippen LogP contribution in [0.4, 0.5) is 18.9 Å². The van der Waals surface area contributed by atoms with Crippen LogP contribution < -0.4 is 5.32 Å². The summed E-state index contributed by atoms with van der Waals surface area (Å²) in [6.07, 6.45) is -3.25. The minimum absolute atomic E-state index is 0.279. The van der Waals surface area contributed by atoms with Crippen LogP contribution in [0.25, 0.3) is 16.5 Å². The lowest BCUT2D eigenvalue weighted by atomic mass is 10.1. The monoisotopic (exact) mass is 398 g/mol. The van der Waals surface area contributed by atoms with Crippen molar-refractivity contribution >= 4 is 29.0 Å². The third kappa shape index (κ3) is 4.48. The second kappa shape index (κ2) is 8.11. The number of carbonyl (C=O) groups is 1. The molecule has 0 fully saturated rings. The molecule has 0 saturated heterocycles. The van der Waals surface area contributed by atoms with Gasteiger partial charge in [-0.2, -0.15) is 18.4 Å². The van der Waals surface area contributed by atoms with E-state index in [4.69, 9.17) is 0 Å². The first-order chi connectivity index (χ1) is 13.4. The Kier molecular flexibility index (Phi) is 5.62. The number of para-hydroxylation sites is 1. The van der Waals surface area contributed by atoms with Crippen molar-refractivity contribution in [3.8, 4) is 16.5 Å². The third-order valence-corrected chi connectivity index (χ3v) is 4.90. The molecule has 0 radical (unpaired) electrons. The largest absolute Gasteiger partial charge is 0.418 e. The molecule has 0 aliphatic rings. The van der Waals surface area contributed by atoms with Crippen molar-refractivity contribution in [3.05, 3.63) is 82.7 Å². The fraction of sp³-hybridized carbons (Fsp3) is 0.0476. The van der Waals surface area contributed by atoms with Gasteiger partial charge in [0.1, 0.15) is 11.6 Å². The average molecular weight is 398 g/mol. The number of thiophene rings is 1. The topological polar surface area (TPSA) is 52.9 Å². The van der Waals surface area contributed by atoms with Crippen LogP contribution in [-0.4, -0.2) is 5.91 Å². The minimum atomic E-state index is -4.61. The molecule has 0 atom stereocenters. The molecule has 28 heavy (non-hydrogen) atoms. The van der Waals surface area contributed by atoms with Gasteiger partial charge in [-0.1, -0.05) is 42.5 Å². The summed E-state index contributed by atoms with van der Waals surface area (Å²) < 4.78 is 39.2. The van der Waals surface area contributed by atoms with Crippen LogP contribution in [0.3, 0.4) is 0 Å². The van der Waals surface area contributed by atoms with Gasteiger partial charge in [0.05, 0.1) is 11.3 Å². The number of anilines is 1. The zero-order valence-electron chi connectivity index (χ0n) is 14.3. The number of hydrogen-bond donors (Lipinski definition) is 1. The zero-order chi connectivity index (χ0) is 20.1. The van der Waals surface area contributed by atoms with E-state index >= 15 is 0 Å². The highest BCUT2D eigenvalue weighted by molar-refractivity contribution is 7.16. The van der Waals surface area contributed by atoms with E-state index in [2.05, 4.69) is 5.32 Å². The summed E-state index contributed by atoms with van der Waals surface area (Å²) in [4.78, 5) is 13.9. The van der Waals surface area contributed by atoms with Gasteiger partial charge >= 0.3 is 6.18 Å². The molecule has 0 bridgehead atoms. The number of halogens is 3. The van der Waals surface area contributed by atoms with E-state index in [0.717, 1.165) is 22.6 Å². The SMILES string of the molecule is N#C/C(=C\c1ccc(-c2ccccc2)s1)C(=O)Nc1ccccc1C(F)(F)F. The lowest BCUT2D eigenvalue weighted by Crippen LogP contribution is -2.17. The van der Waals surface area contributed by atoms with E-state index in [1.54, 1.807) is 12.1 Å². The molecule has 1 N–H and O–H groups in total. The Labute approximate surface area is 163 Å². The summed E-state index contributed by atoms with van der Waals surface area (Å²) in [5.74, 6) is -0.895. The van der Waals surface area contributed by atoms with Gasteiger partial charge in [0, 0.05) is 9.75 Å². The van der Waals surface area contributed by atoms with Gasteiger partial charge in [0.15, 0.2) is 0 Å². The fourth-order valence-corrected chi connectivity index (χ4v) is 3.46. The molecule has 2 aromatic carbocycles. The van der Waals surface area contributed by atoms with Gasteiger partial charge in [-0.3, -0.25) is 4.79 Å². The Morgan fingerprint density at radius 1 is 1.00 bits per heavy atom. The van der Waals surface area contributed by atoms with Gasteiger partial charge in [0.25, 0.3) is 5.91 Å². The van der Waals surface area contributed by atoms with Crippen LogP contribution in [0.15, 0.2) is 72.3 Å². The van der Waals surface area contributed by atoms with E-state index in [-0.39, 0.29) is 5.57 Å². The highest BCUT2D eigenvalue weighted by atomic mass is 32.1. The Morgan fingerprint density at radius 2 is 1.68 bits per heavy atom. The molecule has 3 aromatic rings. The number of benzene rings is 2. The molecule has 0 spiro atoms. The molecular formula is C21H13F3N2OS. The first-order valence-electron chi connectivity index (χ1n) is 8.13. The Hall–Kier alpha value is -3.37. The van der Waals surface area contributed by atoms with Crippen molar-refractivity contribution in [2.45, 2.75) is 6.18 Å². The summed E-state index contributed by atoms with van der Waals surface area (Å²) in [6.45, 7) is 0.